The van der Waals surface area contributed by atoms with Crippen molar-refractivity contribution in [2.45, 2.75) is 38.6 Å². The van der Waals surface area contributed by atoms with Gasteiger partial charge in [0, 0.05) is 12.1 Å². The molecule has 0 spiro atoms. The summed E-state index contributed by atoms with van der Waals surface area (Å²) in [4.78, 5) is 21.8. The number of aromatic carboxylic acids is 1. The van der Waals surface area contributed by atoms with Crippen molar-refractivity contribution in [3.8, 4) is 0 Å². The Hall–Kier alpha value is -2.11. The Labute approximate surface area is 117 Å². The smallest absolute Gasteiger partial charge is 0.338 e. The van der Waals surface area contributed by atoms with Crippen molar-refractivity contribution < 1.29 is 14.8 Å². The third-order valence-corrected chi connectivity index (χ3v) is 3.63. The maximum absolute atomic E-state index is 11.2. The summed E-state index contributed by atoms with van der Waals surface area (Å²) in [7, 11) is 0. The van der Waals surface area contributed by atoms with Crippen LogP contribution in [0.4, 0.5) is 11.4 Å². The van der Waals surface area contributed by atoms with Crippen LogP contribution in [0.25, 0.3) is 0 Å². The maximum atomic E-state index is 11.2. The standard InChI is InChI=1S/C14H18N2O4/c1-2-10(8-9-6-7-9)15-13-11(14(17)18)4-3-5-12(13)16(19)20/h3-5,9-10,15H,2,6-8H2,1H3,(H,17,18). The SMILES string of the molecule is CCC(CC1CC1)Nc1c(C(=O)O)cccc1[N+](=O)[O-]. The molecule has 108 valence electrons. The summed E-state index contributed by atoms with van der Waals surface area (Å²) in [6.45, 7) is 2.00. The summed E-state index contributed by atoms with van der Waals surface area (Å²) in [5.74, 6) is -0.485. The number of anilines is 1. The Bertz CT molecular complexity index is 494. The van der Waals surface area contributed by atoms with Gasteiger partial charge in [0.1, 0.15) is 5.69 Å². The lowest BCUT2D eigenvalue weighted by atomic mass is 10.1. The zero-order valence-electron chi connectivity index (χ0n) is 11.3. The molecule has 0 bridgehead atoms. The maximum Gasteiger partial charge on any atom is 0.338 e. The predicted molar refractivity (Wildman–Crippen MR) is 75.1 cm³/mol. The number of nitro benzene ring substituents is 1. The molecule has 1 aromatic carbocycles. The molecule has 1 saturated carbocycles. The Morgan fingerprint density at radius 2 is 2.25 bits per heavy atom. The number of carboxylic acid groups (broad SMARTS) is 1. The number of carbonyl (C=O) groups is 1. The zero-order chi connectivity index (χ0) is 14.7. The summed E-state index contributed by atoms with van der Waals surface area (Å²) in [6, 6.07) is 4.19. The van der Waals surface area contributed by atoms with E-state index in [4.69, 9.17) is 0 Å². The Kier molecular flexibility index (Phi) is 4.22. The molecule has 1 aliphatic carbocycles. The molecule has 1 atom stereocenters. The topological polar surface area (TPSA) is 92.5 Å². The van der Waals surface area contributed by atoms with Gasteiger partial charge in [0.15, 0.2) is 0 Å². The fourth-order valence-electron chi connectivity index (χ4n) is 2.31. The first-order valence-electron chi connectivity index (χ1n) is 6.80. The fourth-order valence-corrected chi connectivity index (χ4v) is 2.31. The first kappa shape index (κ1) is 14.3. The van der Waals surface area contributed by atoms with Crippen molar-refractivity contribution in [1.29, 1.82) is 0 Å². The van der Waals surface area contributed by atoms with Gasteiger partial charge in [-0.3, -0.25) is 10.1 Å². The quantitative estimate of drug-likeness (QED) is 0.589. The van der Waals surface area contributed by atoms with Gasteiger partial charge in [-0.25, -0.2) is 4.79 Å². The van der Waals surface area contributed by atoms with Crippen LogP contribution in [0.5, 0.6) is 0 Å². The van der Waals surface area contributed by atoms with Gasteiger partial charge in [0.2, 0.25) is 0 Å². The van der Waals surface area contributed by atoms with Crippen LogP contribution in [0.2, 0.25) is 0 Å². The normalized spacial score (nSPS) is 15.7. The summed E-state index contributed by atoms with van der Waals surface area (Å²) < 4.78 is 0. The van der Waals surface area contributed by atoms with E-state index in [9.17, 15) is 20.0 Å². The third-order valence-electron chi connectivity index (χ3n) is 3.63. The molecule has 0 amide bonds. The highest BCUT2D eigenvalue weighted by Gasteiger charge is 2.28. The van der Waals surface area contributed by atoms with Crippen LogP contribution >= 0.6 is 0 Å². The Balaban J connectivity index is 2.30. The van der Waals surface area contributed by atoms with E-state index in [1.807, 2.05) is 6.92 Å². The molecule has 0 radical (unpaired) electrons. The molecule has 6 heteroatoms. The minimum atomic E-state index is -1.16. The van der Waals surface area contributed by atoms with E-state index in [0.717, 1.165) is 12.8 Å². The van der Waals surface area contributed by atoms with Crippen molar-refractivity contribution in [1.82, 2.24) is 0 Å². The van der Waals surface area contributed by atoms with E-state index in [1.165, 1.54) is 31.0 Å². The molecule has 20 heavy (non-hydrogen) atoms. The number of rotatable bonds is 7. The van der Waals surface area contributed by atoms with E-state index >= 15 is 0 Å². The molecule has 0 aliphatic heterocycles. The first-order valence-corrected chi connectivity index (χ1v) is 6.80. The van der Waals surface area contributed by atoms with Crippen LogP contribution in [0.1, 0.15) is 43.0 Å². The monoisotopic (exact) mass is 278 g/mol. The Morgan fingerprint density at radius 3 is 2.75 bits per heavy atom. The van der Waals surface area contributed by atoms with Crippen molar-refractivity contribution in [2.24, 2.45) is 5.92 Å². The van der Waals surface area contributed by atoms with Crippen LogP contribution in [-0.4, -0.2) is 22.0 Å². The number of hydrogen-bond donors (Lipinski definition) is 2. The van der Waals surface area contributed by atoms with Gasteiger partial charge in [-0.15, -0.1) is 0 Å². The highest BCUT2D eigenvalue weighted by molar-refractivity contribution is 5.96. The van der Waals surface area contributed by atoms with E-state index in [-0.39, 0.29) is 23.0 Å². The van der Waals surface area contributed by atoms with E-state index in [0.29, 0.717) is 5.92 Å². The largest absolute Gasteiger partial charge is 0.478 e. The number of nitrogens with one attached hydrogen (secondary N) is 1. The zero-order valence-corrected chi connectivity index (χ0v) is 11.3. The summed E-state index contributed by atoms with van der Waals surface area (Å²) in [6.07, 6.45) is 4.13. The lowest BCUT2D eigenvalue weighted by Gasteiger charge is -2.19. The van der Waals surface area contributed by atoms with Gasteiger partial charge >= 0.3 is 5.97 Å². The lowest BCUT2D eigenvalue weighted by Crippen LogP contribution is -2.21. The van der Waals surface area contributed by atoms with E-state index in [2.05, 4.69) is 5.32 Å². The van der Waals surface area contributed by atoms with Crippen molar-refractivity contribution in [2.75, 3.05) is 5.32 Å². The molecule has 1 unspecified atom stereocenters. The summed E-state index contributed by atoms with van der Waals surface area (Å²) in [5.41, 5.74) is -0.106. The molecule has 0 saturated heterocycles. The van der Waals surface area contributed by atoms with Crippen LogP contribution in [0, 0.1) is 16.0 Å². The van der Waals surface area contributed by atoms with Gasteiger partial charge in [-0.2, -0.15) is 0 Å². The third kappa shape index (κ3) is 3.26. The van der Waals surface area contributed by atoms with E-state index < -0.39 is 10.9 Å². The number of benzene rings is 1. The number of hydrogen-bond acceptors (Lipinski definition) is 4. The Morgan fingerprint density at radius 1 is 1.55 bits per heavy atom. The molecule has 1 aliphatic rings. The number of nitro groups is 1. The average Bonchev–Trinajstić information content (AvgIpc) is 3.21. The number of carboxylic acids is 1. The molecule has 2 N–H and O–H groups in total. The number of para-hydroxylation sites is 1. The van der Waals surface area contributed by atoms with Crippen molar-refractivity contribution in [3.63, 3.8) is 0 Å². The molecule has 1 aromatic rings. The van der Waals surface area contributed by atoms with Gasteiger partial charge in [0.05, 0.1) is 10.5 Å². The van der Waals surface area contributed by atoms with Crippen LogP contribution in [-0.2, 0) is 0 Å². The second kappa shape index (κ2) is 5.90. The average molecular weight is 278 g/mol. The molecule has 6 nitrogen and oxygen atoms in total. The summed E-state index contributed by atoms with van der Waals surface area (Å²) >= 11 is 0. The van der Waals surface area contributed by atoms with Crippen LogP contribution in [0.3, 0.4) is 0 Å². The second-order valence-corrected chi connectivity index (χ2v) is 5.19. The van der Waals surface area contributed by atoms with Crippen LogP contribution in [0.15, 0.2) is 18.2 Å². The fraction of sp³-hybridized carbons (Fsp3) is 0.500. The minimum Gasteiger partial charge on any atom is -0.478 e. The molecule has 2 rings (SSSR count). The minimum absolute atomic E-state index is 0.0477. The molecule has 1 fully saturated rings. The predicted octanol–water partition coefficient (Wildman–Crippen LogP) is 3.28. The molecule has 0 aromatic heterocycles. The first-order chi connectivity index (χ1) is 9.52. The van der Waals surface area contributed by atoms with E-state index in [1.54, 1.807) is 0 Å². The highest BCUT2D eigenvalue weighted by Crippen LogP contribution is 2.36. The van der Waals surface area contributed by atoms with Crippen LogP contribution < -0.4 is 5.32 Å². The van der Waals surface area contributed by atoms with Gasteiger partial charge < -0.3 is 10.4 Å². The summed E-state index contributed by atoms with van der Waals surface area (Å²) in [5, 5.41) is 23.3. The molecular weight excluding hydrogens is 260 g/mol. The lowest BCUT2D eigenvalue weighted by molar-refractivity contribution is -0.384. The van der Waals surface area contributed by atoms with Crippen molar-refractivity contribution >= 4 is 17.3 Å². The van der Waals surface area contributed by atoms with Gasteiger partial charge in [-0.05, 0) is 24.8 Å². The number of nitrogens with zero attached hydrogens (tertiary/aromatic N) is 1. The van der Waals surface area contributed by atoms with Gasteiger partial charge in [-0.1, -0.05) is 25.8 Å². The molecular formula is C14H18N2O4. The van der Waals surface area contributed by atoms with Gasteiger partial charge in [0.25, 0.3) is 5.69 Å². The molecule has 0 heterocycles. The second-order valence-electron chi connectivity index (χ2n) is 5.19. The van der Waals surface area contributed by atoms with Crippen molar-refractivity contribution in [3.05, 3.63) is 33.9 Å². The highest BCUT2D eigenvalue weighted by atomic mass is 16.6.